The number of aromatic amines is 1. The van der Waals surface area contributed by atoms with E-state index >= 15 is 0 Å². The normalized spacial score (nSPS) is 11.0. The van der Waals surface area contributed by atoms with Crippen LogP contribution in [0.15, 0.2) is 27.5 Å². The zero-order valence-electron chi connectivity index (χ0n) is 10.2. The van der Waals surface area contributed by atoms with E-state index in [-0.39, 0.29) is 11.4 Å². The minimum atomic E-state index is -0.283. The molecule has 0 bridgehead atoms. The van der Waals surface area contributed by atoms with Gasteiger partial charge < -0.3 is 16.5 Å². The summed E-state index contributed by atoms with van der Waals surface area (Å²) in [6.45, 7) is 0. The molecule has 0 aromatic carbocycles. The molecule has 9 heteroatoms. The van der Waals surface area contributed by atoms with Crippen LogP contribution < -0.4 is 17.0 Å². The predicted molar refractivity (Wildman–Crippen MR) is 80.7 cm³/mol. The SMILES string of the molecule is Nc1cc(=O)[nH]c(SCc2nc(N)c3ccsc3n2)n1. The molecule has 0 amide bonds. The van der Waals surface area contributed by atoms with Crippen molar-refractivity contribution < 1.29 is 0 Å². The number of H-pyrrole nitrogens is 1. The fourth-order valence-electron chi connectivity index (χ4n) is 1.64. The van der Waals surface area contributed by atoms with E-state index in [4.69, 9.17) is 11.5 Å². The summed E-state index contributed by atoms with van der Waals surface area (Å²) in [6, 6.07) is 3.12. The van der Waals surface area contributed by atoms with Gasteiger partial charge >= 0.3 is 0 Å². The van der Waals surface area contributed by atoms with E-state index in [1.165, 1.54) is 29.2 Å². The van der Waals surface area contributed by atoms with Gasteiger partial charge in [-0.1, -0.05) is 11.8 Å². The number of nitrogens with one attached hydrogen (secondary N) is 1. The molecule has 0 saturated carbocycles. The van der Waals surface area contributed by atoms with Gasteiger partial charge in [0.15, 0.2) is 5.16 Å². The number of thioether (sulfide) groups is 1. The average Bonchev–Trinajstić information content (AvgIpc) is 2.84. The number of nitrogens with two attached hydrogens (primary N) is 2. The maximum absolute atomic E-state index is 11.3. The van der Waals surface area contributed by atoms with Gasteiger partial charge in [0, 0.05) is 6.07 Å². The van der Waals surface area contributed by atoms with Crippen molar-refractivity contribution in [2.45, 2.75) is 10.9 Å². The Morgan fingerprint density at radius 3 is 2.95 bits per heavy atom. The fraction of sp³-hybridized carbons (Fsp3) is 0.0909. The van der Waals surface area contributed by atoms with Crippen molar-refractivity contribution in [1.29, 1.82) is 0 Å². The Hall–Kier alpha value is -2.13. The van der Waals surface area contributed by atoms with Crippen LogP contribution in [-0.4, -0.2) is 19.9 Å². The number of nitrogens with zero attached hydrogens (tertiary/aromatic N) is 3. The molecule has 0 aliphatic carbocycles. The molecule has 0 saturated heterocycles. The Balaban J connectivity index is 1.84. The summed E-state index contributed by atoms with van der Waals surface area (Å²) in [6.07, 6.45) is 0. The van der Waals surface area contributed by atoms with Gasteiger partial charge in [0.05, 0.1) is 11.1 Å². The lowest BCUT2D eigenvalue weighted by Crippen LogP contribution is -2.09. The van der Waals surface area contributed by atoms with Gasteiger partial charge in [0.1, 0.15) is 22.3 Å². The first kappa shape index (κ1) is 12.9. The maximum atomic E-state index is 11.3. The number of rotatable bonds is 3. The van der Waals surface area contributed by atoms with E-state index in [0.717, 1.165) is 10.2 Å². The third-order valence-electron chi connectivity index (χ3n) is 2.48. The van der Waals surface area contributed by atoms with E-state index in [2.05, 4.69) is 19.9 Å². The summed E-state index contributed by atoms with van der Waals surface area (Å²) < 4.78 is 0. The summed E-state index contributed by atoms with van der Waals surface area (Å²) >= 11 is 2.81. The van der Waals surface area contributed by atoms with E-state index in [0.29, 0.717) is 22.6 Å². The third-order valence-corrected chi connectivity index (χ3v) is 4.15. The quantitative estimate of drug-likeness (QED) is 0.491. The number of anilines is 2. The molecule has 0 atom stereocenters. The van der Waals surface area contributed by atoms with Crippen LogP contribution in [-0.2, 0) is 5.75 Å². The third kappa shape index (κ3) is 2.58. The van der Waals surface area contributed by atoms with Gasteiger partial charge in [-0.25, -0.2) is 15.0 Å². The molecule has 3 rings (SSSR count). The average molecular weight is 306 g/mol. The molecule has 0 aliphatic heterocycles. The number of nitrogen functional groups attached to an aromatic ring is 2. The number of thiophene rings is 1. The molecule has 3 heterocycles. The maximum Gasteiger partial charge on any atom is 0.253 e. The van der Waals surface area contributed by atoms with Gasteiger partial charge in [0.25, 0.3) is 5.56 Å². The zero-order valence-corrected chi connectivity index (χ0v) is 11.8. The molecule has 20 heavy (non-hydrogen) atoms. The zero-order chi connectivity index (χ0) is 14.1. The lowest BCUT2D eigenvalue weighted by Gasteiger charge is -2.03. The minimum absolute atomic E-state index is 0.186. The molecule has 0 radical (unpaired) electrons. The van der Waals surface area contributed by atoms with Crippen LogP contribution in [0.4, 0.5) is 11.6 Å². The number of aromatic nitrogens is 4. The molecule has 0 unspecified atom stereocenters. The van der Waals surface area contributed by atoms with Crippen LogP contribution in [0.3, 0.4) is 0 Å². The van der Waals surface area contributed by atoms with Crippen molar-refractivity contribution in [3.63, 3.8) is 0 Å². The topological polar surface area (TPSA) is 124 Å². The molecule has 0 fully saturated rings. The smallest absolute Gasteiger partial charge is 0.253 e. The second-order valence-electron chi connectivity index (χ2n) is 3.93. The van der Waals surface area contributed by atoms with Crippen molar-refractivity contribution in [2.24, 2.45) is 0 Å². The fourth-order valence-corrected chi connectivity index (χ4v) is 3.17. The molecule has 3 aromatic rings. The Bertz CT molecular complexity index is 827. The second kappa shape index (κ2) is 5.10. The molecular weight excluding hydrogens is 296 g/mol. The van der Waals surface area contributed by atoms with Crippen LogP contribution in [0.5, 0.6) is 0 Å². The van der Waals surface area contributed by atoms with Gasteiger partial charge in [0.2, 0.25) is 0 Å². The molecule has 0 aliphatic rings. The highest BCUT2D eigenvalue weighted by Gasteiger charge is 2.08. The summed E-state index contributed by atoms with van der Waals surface area (Å²) in [5.41, 5.74) is 11.1. The van der Waals surface area contributed by atoms with E-state index in [1.54, 1.807) is 0 Å². The van der Waals surface area contributed by atoms with Gasteiger partial charge in [-0.3, -0.25) is 4.79 Å². The molecule has 7 nitrogen and oxygen atoms in total. The summed E-state index contributed by atoms with van der Waals surface area (Å²) in [4.78, 5) is 27.4. The van der Waals surface area contributed by atoms with Crippen LogP contribution in [0, 0.1) is 0 Å². The first-order chi connectivity index (χ1) is 9.61. The van der Waals surface area contributed by atoms with Gasteiger partial charge in [-0.2, -0.15) is 0 Å². The first-order valence-electron chi connectivity index (χ1n) is 5.61. The number of hydrogen-bond acceptors (Lipinski definition) is 8. The molecule has 5 N–H and O–H groups in total. The van der Waals surface area contributed by atoms with E-state index in [1.807, 2.05) is 11.4 Å². The van der Waals surface area contributed by atoms with Crippen molar-refractivity contribution in [3.05, 3.63) is 33.7 Å². The Morgan fingerprint density at radius 1 is 1.30 bits per heavy atom. The minimum Gasteiger partial charge on any atom is -0.383 e. The van der Waals surface area contributed by atoms with E-state index in [9.17, 15) is 4.79 Å². The summed E-state index contributed by atoms with van der Waals surface area (Å²) in [7, 11) is 0. The highest BCUT2D eigenvalue weighted by atomic mass is 32.2. The second-order valence-corrected chi connectivity index (χ2v) is 5.79. The van der Waals surface area contributed by atoms with Crippen molar-refractivity contribution >= 4 is 45.0 Å². The standard InChI is InChI=1S/C11H10N6OS2/c12-6-3-8(18)17-11(14-6)20-4-7-15-9(13)5-1-2-19-10(5)16-7/h1-3H,4H2,(H2,13,15,16)(H3,12,14,17,18). The Kier molecular flexibility index (Phi) is 3.28. The monoisotopic (exact) mass is 306 g/mol. The lowest BCUT2D eigenvalue weighted by atomic mass is 10.4. The van der Waals surface area contributed by atoms with Crippen molar-refractivity contribution in [2.75, 3.05) is 11.5 Å². The first-order valence-corrected chi connectivity index (χ1v) is 7.47. The molecule has 0 spiro atoms. The highest BCUT2D eigenvalue weighted by molar-refractivity contribution is 7.98. The van der Waals surface area contributed by atoms with Crippen LogP contribution in [0.2, 0.25) is 0 Å². The van der Waals surface area contributed by atoms with Crippen LogP contribution >= 0.6 is 23.1 Å². The Morgan fingerprint density at radius 2 is 2.15 bits per heavy atom. The molecular formula is C11H10N6OS2. The van der Waals surface area contributed by atoms with E-state index < -0.39 is 0 Å². The number of fused-ring (bicyclic) bond motifs is 1. The summed E-state index contributed by atoms with van der Waals surface area (Å²) in [5, 5.41) is 3.21. The summed E-state index contributed by atoms with van der Waals surface area (Å²) in [5.74, 6) is 1.68. The van der Waals surface area contributed by atoms with Crippen molar-refractivity contribution in [1.82, 2.24) is 19.9 Å². The predicted octanol–water partition coefficient (Wildman–Crippen LogP) is 1.23. The molecule has 3 aromatic heterocycles. The highest BCUT2D eigenvalue weighted by Crippen LogP contribution is 2.25. The Labute approximate surface area is 121 Å². The van der Waals surface area contributed by atoms with Gasteiger partial charge in [-0.05, 0) is 11.4 Å². The lowest BCUT2D eigenvalue weighted by molar-refractivity contribution is 0.941. The molecule has 102 valence electrons. The van der Waals surface area contributed by atoms with Crippen LogP contribution in [0.1, 0.15) is 5.82 Å². The van der Waals surface area contributed by atoms with Gasteiger partial charge in [-0.15, -0.1) is 11.3 Å². The van der Waals surface area contributed by atoms with Crippen LogP contribution in [0.25, 0.3) is 10.2 Å². The number of hydrogen-bond donors (Lipinski definition) is 3. The largest absolute Gasteiger partial charge is 0.383 e. The van der Waals surface area contributed by atoms with Crippen molar-refractivity contribution in [3.8, 4) is 0 Å².